The predicted octanol–water partition coefficient (Wildman–Crippen LogP) is 18.1. The van der Waals surface area contributed by atoms with Crippen molar-refractivity contribution in [1.29, 1.82) is 0 Å². The molecule has 470 valence electrons. The number of carboxylic acid groups (broad SMARTS) is 1. The van der Waals surface area contributed by atoms with Crippen LogP contribution in [-0.4, -0.2) is 89.2 Å². The van der Waals surface area contributed by atoms with Crippen molar-refractivity contribution in [2.75, 3.05) is 13.2 Å². The molecule has 1 saturated heterocycles. The first-order chi connectivity index (χ1) is 39.6. The van der Waals surface area contributed by atoms with E-state index in [0.29, 0.717) is 19.3 Å². The minimum atomic E-state index is -1.91. The lowest BCUT2D eigenvalue weighted by Gasteiger charge is -2.40. The first-order valence-corrected chi connectivity index (χ1v) is 33.6. The number of esters is 3. The third-order valence-electron chi connectivity index (χ3n) is 15.4. The fraction of sp³-hybridized carbons (Fsp3) is 0.826. The van der Waals surface area contributed by atoms with Crippen LogP contribution >= 0.6 is 0 Å². The molecule has 3 N–H and O–H groups in total. The van der Waals surface area contributed by atoms with Crippen LogP contribution in [0.2, 0.25) is 0 Å². The molecule has 6 unspecified atom stereocenters. The molecule has 1 fully saturated rings. The van der Waals surface area contributed by atoms with E-state index < -0.39 is 67.3 Å². The van der Waals surface area contributed by atoms with Gasteiger partial charge in [0.05, 0.1) is 6.61 Å². The van der Waals surface area contributed by atoms with Crippen molar-refractivity contribution in [3.63, 3.8) is 0 Å². The SMILES string of the molecule is CCCCC/C=C\C/C=C\CCCCCCCCCCCC(=O)OCC(COC1OC(C(=O)O)C(O)C(O)C1OC(=O)CCCCCCCCC/C=C\C/C=C\CCCCC)OC(=O)CCCCCCCCCCCCCCCCC. The zero-order valence-corrected chi connectivity index (χ0v) is 52.0. The molecule has 12 nitrogen and oxygen atoms in total. The summed E-state index contributed by atoms with van der Waals surface area (Å²) in [6.07, 6.45) is 57.7. The Kier molecular flexibility index (Phi) is 53.4. The Labute approximate surface area is 494 Å². The Bertz CT molecular complexity index is 1590. The zero-order chi connectivity index (χ0) is 58.9. The Hall–Kier alpha value is -3.32. The van der Waals surface area contributed by atoms with Gasteiger partial charge < -0.3 is 39.0 Å². The molecule has 1 rings (SSSR count). The second kappa shape index (κ2) is 57.1. The van der Waals surface area contributed by atoms with Crippen LogP contribution in [0.1, 0.15) is 316 Å². The van der Waals surface area contributed by atoms with Gasteiger partial charge in [-0.1, -0.05) is 262 Å². The molecule has 1 aliphatic rings. The van der Waals surface area contributed by atoms with Crippen molar-refractivity contribution in [1.82, 2.24) is 0 Å². The van der Waals surface area contributed by atoms with Crippen molar-refractivity contribution in [2.45, 2.75) is 353 Å². The summed E-state index contributed by atoms with van der Waals surface area (Å²) in [5, 5.41) is 31.6. The number of rotatable bonds is 58. The van der Waals surface area contributed by atoms with E-state index in [1.165, 1.54) is 148 Å². The molecular weight excluding hydrogens is 1020 g/mol. The van der Waals surface area contributed by atoms with Crippen LogP contribution in [0.5, 0.6) is 0 Å². The highest BCUT2D eigenvalue weighted by Crippen LogP contribution is 2.27. The highest BCUT2D eigenvalue weighted by molar-refractivity contribution is 5.74. The molecule has 1 heterocycles. The monoisotopic (exact) mass is 1140 g/mol. The summed E-state index contributed by atoms with van der Waals surface area (Å²) in [4.78, 5) is 51.4. The lowest BCUT2D eigenvalue weighted by atomic mass is 9.98. The summed E-state index contributed by atoms with van der Waals surface area (Å²) in [5.41, 5.74) is 0. The van der Waals surface area contributed by atoms with Gasteiger partial charge in [-0.05, 0) is 83.5 Å². The van der Waals surface area contributed by atoms with Crippen LogP contribution in [-0.2, 0) is 42.9 Å². The summed E-state index contributed by atoms with van der Waals surface area (Å²) < 4.78 is 28.6. The number of hydrogen-bond acceptors (Lipinski definition) is 11. The maximum absolute atomic E-state index is 13.2. The largest absolute Gasteiger partial charge is 0.479 e. The van der Waals surface area contributed by atoms with E-state index in [1.54, 1.807) is 0 Å². The minimum absolute atomic E-state index is 0.0536. The van der Waals surface area contributed by atoms with E-state index in [4.69, 9.17) is 23.7 Å². The highest BCUT2D eigenvalue weighted by Gasteiger charge is 2.50. The summed E-state index contributed by atoms with van der Waals surface area (Å²) >= 11 is 0. The summed E-state index contributed by atoms with van der Waals surface area (Å²) in [7, 11) is 0. The first kappa shape index (κ1) is 75.7. The van der Waals surface area contributed by atoms with Crippen LogP contribution in [0.25, 0.3) is 0 Å². The van der Waals surface area contributed by atoms with E-state index in [2.05, 4.69) is 69.4 Å². The summed E-state index contributed by atoms with van der Waals surface area (Å²) in [5.74, 6) is -3.10. The van der Waals surface area contributed by atoms with Gasteiger partial charge in [-0.3, -0.25) is 14.4 Å². The fourth-order valence-corrected chi connectivity index (χ4v) is 10.2. The number of carbonyl (C=O) groups is 4. The Balaban J connectivity index is 2.64. The van der Waals surface area contributed by atoms with Crippen LogP contribution < -0.4 is 0 Å². The molecule has 0 radical (unpaired) electrons. The number of carbonyl (C=O) groups excluding carboxylic acids is 3. The van der Waals surface area contributed by atoms with E-state index in [0.717, 1.165) is 109 Å². The van der Waals surface area contributed by atoms with Crippen molar-refractivity contribution in [3.8, 4) is 0 Å². The van der Waals surface area contributed by atoms with Gasteiger partial charge in [-0.15, -0.1) is 0 Å². The fourth-order valence-electron chi connectivity index (χ4n) is 10.2. The number of allylic oxidation sites excluding steroid dienone is 8. The third kappa shape index (κ3) is 46.7. The molecule has 0 aromatic rings. The van der Waals surface area contributed by atoms with Crippen molar-refractivity contribution < 1.29 is 58.2 Å². The molecule has 12 heteroatoms. The number of hydrogen-bond donors (Lipinski definition) is 3. The van der Waals surface area contributed by atoms with Gasteiger partial charge in [0.2, 0.25) is 0 Å². The molecule has 0 saturated carbocycles. The molecule has 0 aromatic carbocycles. The van der Waals surface area contributed by atoms with Gasteiger partial charge in [-0.25, -0.2) is 4.79 Å². The number of aliphatic hydroxyl groups excluding tert-OH is 2. The Morgan fingerprint density at radius 1 is 0.407 bits per heavy atom. The molecule has 0 aromatic heterocycles. The average molecular weight is 1140 g/mol. The van der Waals surface area contributed by atoms with Gasteiger partial charge in [0.1, 0.15) is 18.8 Å². The highest BCUT2D eigenvalue weighted by atomic mass is 16.7. The number of aliphatic hydroxyl groups is 2. The maximum Gasteiger partial charge on any atom is 0.335 e. The normalized spacial score (nSPS) is 18.0. The van der Waals surface area contributed by atoms with E-state index in [-0.39, 0.29) is 25.9 Å². The second-order valence-corrected chi connectivity index (χ2v) is 23.1. The molecule has 0 spiro atoms. The predicted molar refractivity (Wildman–Crippen MR) is 331 cm³/mol. The number of unbranched alkanes of at least 4 members (excludes halogenated alkanes) is 36. The average Bonchev–Trinajstić information content (AvgIpc) is 3.53. The zero-order valence-electron chi connectivity index (χ0n) is 52.0. The molecule has 0 bridgehead atoms. The van der Waals surface area contributed by atoms with Gasteiger partial charge in [-0.2, -0.15) is 0 Å². The Morgan fingerprint density at radius 2 is 0.741 bits per heavy atom. The number of aliphatic carboxylic acids is 1. The summed E-state index contributed by atoms with van der Waals surface area (Å²) in [6, 6.07) is 0. The number of ether oxygens (including phenoxy) is 5. The second-order valence-electron chi connectivity index (χ2n) is 23.1. The van der Waals surface area contributed by atoms with E-state index in [1.807, 2.05) is 0 Å². The van der Waals surface area contributed by atoms with Crippen LogP contribution in [0.4, 0.5) is 0 Å². The lowest BCUT2D eigenvalue weighted by molar-refractivity contribution is -0.301. The summed E-state index contributed by atoms with van der Waals surface area (Å²) in [6.45, 7) is 5.99. The maximum atomic E-state index is 13.2. The van der Waals surface area contributed by atoms with Gasteiger partial charge in [0.15, 0.2) is 24.6 Å². The quantitative estimate of drug-likeness (QED) is 0.0228. The van der Waals surface area contributed by atoms with Gasteiger partial charge in [0.25, 0.3) is 0 Å². The molecular formula is C69H122O12. The van der Waals surface area contributed by atoms with Gasteiger partial charge in [0, 0.05) is 19.3 Å². The van der Waals surface area contributed by atoms with Crippen molar-refractivity contribution >= 4 is 23.9 Å². The Morgan fingerprint density at radius 3 is 1.14 bits per heavy atom. The molecule has 1 aliphatic heterocycles. The molecule has 6 atom stereocenters. The van der Waals surface area contributed by atoms with Crippen LogP contribution in [0, 0.1) is 0 Å². The van der Waals surface area contributed by atoms with Crippen molar-refractivity contribution in [3.05, 3.63) is 48.6 Å². The molecule has 81 heavy (non-hydrogen) atoms. The van der Waals surface area contributed by atoms with Gasteiger partial charge >= 0.3 is 23.9 Å². The first-order valence-electron chi connectivity index (χ1n) is 33.6. The van der Waals surface area contributed by atoms with Crippen molar-refractivity contribution in [2.24, 2.45) is 0 Å². The molecule has 0 amide bonds. The van der Waals surface area contributed by atoms with Crippen LogP contribution in [0.3, 0.4) is 0 Å². The lowest BCUT2D eigenvalue weighted by Crippen LogP contribution is -2.61. The number of carboxylic acids is 1. The minimum Gasteiger partial charge on any atom is -0.479 e. The third-order valence-corrected chi connectivity index (χ3v) is 15.4. The van der Waals surface area contributed by atoms with E-state index >= 15 is 0 Å². The van der Waals surface area contributed by atoms with Crippen LogP contribution in [0.15, 0.2) is 48.6 Å². The topological polar surface area (TPSA) is 175 Å². The molecule has 0 aliphatic carbocycles. The van der Waals surface area contributed by atoms with E-state index in [9.17, 15) is 34.5 Å². The standard InChI is InChI=1S/C69H122O12/c1-4-7-10-13-16-19-22-25-28-30-31-33-35-37-40-43-46-49-52-55-61(70)77-58-60(79-62(71)56-53-50-47-44-41-38-34-27-24-21-18-15-12-9-6-3)59-78-69-67(65(74)64(73)66(81-69)68(75)76)80-63(72)57-54-51-48-45-42-39-36-32-29-26-23-20-17-14-11-8-5-2/h16-17,19-20,25-26,28-29,60,64-67,69,73-74H,4-15,18,21-24,27,30-59H2,1-3H3,(H,75,76)/b19-16-,20-17-,28-25-,29-26-. The smallest absolute Gasteiger partial charge is 0.335 e.